The summed E-state index contributed by atoms with van der Waals surface area (Å²) in [6.45, 7) is 2.76. The van der Waals surface area contributed by atoms with E-state index < -0.39 is 0 Å². The van der Waals surface area contributed by atoms with Gasteiger partial charge in [0.05, 0.1) is 10.8 Å². The molecule has 0 aromatic carbocycles. The van der Waals surface area contributed by atoms with Crippen LogP contribution in [0.5, 0.6) is 0 Å². The lowest BCUT2D eigenvalue weighted by Crippen LogP contribution is -2.49. The Morgan fingerprint density at radius 2 is 1.96 bits per heavy atom. The van der Waals surface area contributed by atoms with Gasteiger partial charge in [-0.05, 0) is 37.1 Å². The fraction of sp³-hybridized carbons (Fsp3) is 0.579. The van der Waals surface area contributed by atoms with Crippen molar-refractivity contribution in [2.75, 3.05) is 26.2 Å². The number of piperidine rings is 2. The highest BCUT2D eigenvalue weighted by Crippen LogP contribution is 2.28. The summed E-state index contributed by atoms with van der Waals surface area (Å²) < 4.78 is 1.95. The predicted octanol–water partition coefficient (Wildman–Crippen LogP) is 2.13. The lowest BCUT2D eigenvalue weighted by atomic mass is 9.92. The van der Waals surface area contributed by atoms with Crippen LogP contribution < -0.4 is 0 Å². The molecule has 4 rings (SSSR count). The number of likely N-dealkylation sites (tertiary alicyclic amines) is 2. The minimum atomic E-state index is -0.0964. The number of carbonyl (C=O) groups excluding carboxylic acids is 2. The number of carbonyl (C=O) groups is 2. The van der Waals surface area contributed by atoms with Gasteiger partial charge >= 0.3 is 0 Å². The van der Waals surface area contributed by atoms with Crippen molar-refractivity contribution in [3.05, 3.63) is 34.5 Å². The maximum absolute atomic E-state index is 13.2. The first-order valence-corrected chi connectivity index (χ1v) is 10.5. The first-order valence-electron chi connectivity index (χ1n) is 9.59. The summed E-state index contributed by atoms with van der Waals surface area (Å²) in [7, 11) is 1.95. The Labute approximate surface area is 163 Å². The summed E-state index contributed by atoms with van der Waals surface area (Å²) >= 11 is 1.46. The Morgan fingerprint density at radius 1 is 1.15 bits per heavy atom. The van der Waals surface area contributed by atoms with Crippen molar-refractivity contribution < 1.29 is 9.59 Å². The van der Waals surface area contributed by atoms with Gasteiger partial charge in [0.15, 0.2) is 0 Å². The molecule has 2 aliphatic heterocycles. The predicted molar refractivity (Wildman–Crippen MR) is 103 cm³/mol. The van der Waals surface area contributed by atoms with Crippen molar-refractivity contribution in [3.63, 3.8) is 0 Å². The van der Waals surface area contributed by atoms with Crippen molar-refractivity contribution in [3.8, 4) is 0 Å². The SMILES string of the molecule is Cn1cnnc1[C@@H]1CCCN(C(=O)[C@@H]2CCCN(C(=O)c3cccs3)C2)C1. The van der Waals surface area contributed by atoms with Gasteiger partial charge in [-0.25, -0.2) is 0 Å². The number of hydrogen-bond donors (Lipinski definition) is 0. The normalized spacial score (nSPS) is 23.4. The summed E-state index contributed by atoms with van der Waals surface area (Å²) in [5.41, 5.74) is 0. The van der Waals surface area contributed by atoms with Gasteiger partial charge in [-0.2, -0.15) is 0 Å². The van der Waals surface area contributed by atoms with E-state index in [0.29, 0.717) is 13.1 Å². The van der Waals surface area contributed by atoms with Crippen molar-refractivity contribution in [1.29, 1.82) is 0 Å². The van der Waals surface area contributed by atoms with Gasteiger partial charge in [0.25, 0.3) is 5.91 Å². The summed E-state index contributed by atoms with van der Waals surface area (Å²) in [6, 6.07) is 3.75. The molecule has 4 heterocycles. The standard InChI is InChI=1S/C19H25N5O2S/c1-22-13-20-21-17(22)14-5-2-8-23(11-14)18(25)15-6-3-9-24(12-15)19(26)16-7-4-10-27-16/h4,7,10,13-15H,2-3,5-6,8-9,11-12H2,1H3/t14-,15-/m1/s1. The largest absolute Gasteiger partial charge is 0.342 e. The maximum Gasteiger partial charge on any atom is 0.263 e. The highest BCUT2D eigenvalue weighted by molar-refractivity contribution is 7.12. The van der Waals surface area contributed by atoms with Gasteiger partial charge in [0, 0.05) is 39.1 Å². The average Bonchev–Trinajstić information content (AvgIpc) is 3.39. The number of rotatable bonds is 3. The van der Waals surface area contributed by atoms with E-state index in [9.17, 15) is 9.59 Å². The molecular weight excluding hydrogens is 362 g/mol. The second kappa shape index (κ2) is 7.80. The molecule has 2 fully saturated rings. The smallest absolute Gasteiger partial charge is 0.263 e. The first-order chi connectivity index (χ1) is 13.1. The van der Waals surface area contributed by atoms with Crippen LogP contribution in [0.25, 0.3) is 0 Å². The molecule has 7 nitrogen and oxygen atoms in total. The van der Waals surface area contributed by atoms with Crippen LogP contribution in [0.2, 0.25) is 0 Å². The third kappa shape index (κ3) is 3.76. The molecule has 0 spiro atoms. The van der Waals surface area contributed by atoms with E-state index in [1.807, 2.05) is 38.9 Å². The molecule has 2 saturated heterocycles. The van der Waals surface area contributed by atoms with E-state index in [4.69, 9.17) is 0 Å². The highest BCUT2D eigenvalue weighted by atomic mass is 32.1. The number of thiophene rings is 1. The molecular formula is C19H25N5O2S. The fourth-order valence-corrected chi connectivity index (χ4v) is 4.92. The third-order valence-corrected chi connectivity index (χ3v) is 6.49. The van der Waals surface area contributed by atoms with Crippen LogP contribution in [0, 0.1) is 5.92 Å². The lowest BCUT2D eigenvalue weighted by molar-refractivity contribution is -0.138. The first kappa shape index (κ1) is 18.2. The number of nitrogens with zero attached hydrogens (tertiary/aromatic N) is 5. The Bertz CT molecular complexity index is 803. The lowest BCUT2D eigenvalue weighted by Gasteiger charge is -2.38. The van der Waals surface area contributed by atoms with E-state index in [1.54, 1.807) is 6.33 Å². The van der Waals surface area contributed by atoms with Crippen LogP contribution in [-0.4, -0.2) is 62.6 Å². The fourth-order valence-electron chi connectivity index (χ4n) is 4.23. The molecule has 0 radical (unpaired) electrons. The van der Waals surface area contributed by atoms with Crippen LogP contribution in [0.15, 0.2) is 23.8 Å². The van der Waals surface area contributed by atoms with E-state index in [0.717, 1.165) is 49.5 Å². The molecule has 8 heteroatoms. The van der Waals surface area contributed by atoms with E-state index >= 15 is 0 Å². The van der Waals surface area contributed by atoms with Gasteiger partial charge in [-0.3, -0.25) is 9.59 Å². The zero-order valence-corrected chi connectivity index (χ0v) is 16.4. The molecule has 2 aromatic rings. The molecule has 2 aromatic heterocycles. The summed E-state index contributed by atoms with van der Waals surface area (Å²) in [6.07, 6.45) is 5.47. The van der Waals surface area contributed by atoms with Crippen molar-refractivity contribution in [2.45, 2.75) is 31.6 Å². The molecule has 144 valence electrons. The van der Waals surface area contributed by atoms with Crippen LogP contribution in [0.4, 0.5) is 0 Å². The summed E-state index contributed by atoms with van der Waals surface area (Å²) in [5.74, 6) is 1.33. The van der Waals surface area contributed by atoms with Crippen LogP contribution >= 0.6 is 11.3 Å². The molecule has 0 saturated carbocycles. The van der Waals surface area contributed by atoms with Gasteiger partial charge in [0.2, 0.25) is 5.91 Å². The molecule has 2 atom stereocenters. The molecule has 0 aliphatic carbocycles. The van der Waals surface area contributed by atoms with Gasteiger partial charge in [-0.1, -0.05) is 6.07 Å². The van der Waals surface area contributed by atoms with Crippen molar-refractivity contribution >= 4 is 23.2 Å². The Kier molecular flexibility index (Phi) is 5.24. The van der Waals surface area contributed by atoms with Gasteiger partial charge in [0.1, 0.15) is 12.2 Å². The highest BCUT2D eigenvalue weighted by Gasteiger charge is 2.34. The zero-order chi connectivity index (χ0) is 18.8. The maximum atomic E-state index is 13.2. The number of aromatic nitrogens is 3. The molecule has 0 N–H and O–H groups in total. The molecule has 0 bridgehead atoms. The minimum absolute atomic E-state index is 0.0538. The Balaban J connectivity index is 1.41. The number of amides is 2. The topological polar surface area (TPSA) is 71.3 Å². The second-order valence-corrected chi connectivity index (χ2v) is 8.44. The third-order valence-electron chi connectivity index (χ3n) is 5.63. The molecule has 2 aliphatic rings. The quantitative estimate of drug-likeness (QED) is 0.809. The van der Waals surface area contributed by atoms with Crippen molar-refractivity contribution in [1.82, 2.24) is 24.6 Å². The summed E-state index contributed by atoms with van der Waals surface area (Å²) in [5, 5.41) is 10.1. The molecule has 2 amide bonds. The number of aryl methyl sites for hydroxylation is 1. The minimum Gasteiger partial charge on any atom is -0.342 e. The second-order valence-electron chi connectivity index (χ2n) is 7.49. The Hall–Kier alpha value is -2.22. The van der Waals surface area contributed by atoms with E-state index in [1.165, 1.54) is 11.3 Å². The van der Waals surface area contributed by atoms with Gasteiger partial charge in [-0.15, -0.1) is 21.5 Å². The van der Waals surface area contributed by atoms with Crippen LogP contribution in [0.1, 0.15) is 47.1 Å². The number of hydrogen-bond acceptors (Lipinski definition) is 5. The van der Waals surface area contributed by atoms with E-state index in [-0.39, 0.29) is 23.7 Å². The Morgan fingerprint density at radius 3 is 2.70 bits per heavy atom. The van der Waals surface area contributed by atoms with Crippen LogP contribution in [0.3, 0.4) is 0 Å². The average molecular weight is 388 g/mol. The van der Waals surface area contributed by atoms with Gasteiger partial charge < -0.3 is 14.4 Å². The van der Waals surface area contributed by atoms with E-state index in [2.05, 4.69) is 10.2 Å². The van der Waals surface area contributed by atoms with Crippen LogP contribution in [-0.2, 0) is 11.8 Å². The monoisotopic (exact) mass is 387 g/mol. The van der Waals surface area contributed by atoms with Crippen molar-refractivity contribution in [2.24, 2.45) is 13.0 Å². The zero-order valence-electron chi connectivity index (χ0n) is 15.6. The molecule has 27 heavy (non-hydrogen) atoms. The molecule has 0 unspecified atom stereocenters. The summed E-state index contributed by atoms with van der Waals surface area (Å²) in [4.78, 5) is 30.4.